The molecule has 0 aliphatic rings. The van der Waals surface area contributed by atoms with Gasteiger partial charge in [0.1, 0.15) is 5.58 Å². The smallest absolute Gasteiger partial charge is 0.339 e. The van der Waals surface area contributed by atoms with E-state index in [2.05, 4.69) is 13.0 Å². The van der Waals surface area contributed by atoms with Crippen molar-refractivity contribution in [3.05, 3.63) is 45.3 Å². The Hall–Kier alpha value is -1.57. The van der Waals surface area contributed by atoms with Crippen LogP contribution in [0.5, 0.6) is 0 Å². The van der Waals surface area contributed by atoms with E-state index >= 15 is 0 Å². The molecule has 0 N–H and O–H groups in total. The second-order valence-electron chi connectivity index (χ2n) is 4.05. The first kappa shape index (κ1) is 10.9. The minimum absolute atomic E-state index is 0.183. The fourth-order valence-corrected chi connectivity index (χ4v) is 2.17. The highest BCUT2D eigenvalue weighted by Crippen LogP contribution is 2.22. The maximum Gasteiger partial charge on any atom is 0.339 e. The van der Waals surface area contributed by atoms with Crippen LogP contribution in [-0.4, -0.2) is 0 Å². The van der Waals surface area contributed by atoms with E-state index in [9.17, 15) is 4.79 Å². The van der Waals surface area contributed by atoms with Gasteiger partial charge in [-0.1, -0.05) is 26.0 Å². The lowest BCUT2D eigenvalue weighted by Crippen LogP contribution is -2.10. The first-order chi connectivity index (χ1) is 7.67. The van der Waals surface area contributed by atoms with E-state index in [1.165, 1.54) is 0 Å². The Morgan fingerprint density at radius 3 is 2.44 bits per heavy atom. The van der Waals surface area contributed by atoms with Crippen LogP contribution >= 0.6 is 0 Å². The summed E-state index contributed by atoms with van der Waals surface area (Å²) in [6.45, 7) is 6.07. The molecular weight excluding hydrogens is 200 g/mol. The summed E-state index contributed by atoms with van der Waals surface area (Å²) in [6.07, 6.45) is 1.60. The van der Waals surface area contributed by atoms with Crippen molar-refractivity contribution >= 4 is 11.0 Å². The van der Waals surface area contributed by atoms with Gasteiger partial charge in [0.05, 0.1) is 0 Å². The molecule has 0 aliphatic carbocycles. The lowest BCUT2D eigenvalue weighted by Gasteiger charge is -2.08. The SMILES string of the molecule is CCc1c(CC)c2ccc(C)cc2oc1=O. The van der Waals surface area contributed by atoms with E-state index < -0.39 is 0 Å². The monoisotopic (exact) mass is 216 g/mol. The van der Waals surface area contributed by atoms with Crippen LogP contribution in [0, 0.1) is 6.92 Å². The summed E-state index contributed by atoms with van der Waals surface area (Å²) in [5.41, 5.74) is 3.59. The maximum absolute atomic E-state index is 11.8. The first-order valence-electron chi connectivity index (χ1n) is 5.72. The van der Waals surface area contributed by atoms with E-state index in [1.807, 2.05) is 26.0 Å². The molecule has 0 saturated heterocycles. The molecule has 0 spiro atoms. The standard InChI is InChI=1S/C14H16O2/c1-4-10-11(5-2)14(15)16-13-8-9(3)6-7-12(10)13/h6-8H,4-5H2,1-3H3. The van der Waals surface area contributed by atoms with Gasteiger partial charge in [-0.3, -0.25) is 0 Å². The Morgan fingerprint density at radius 2 is 1.81 bits per heavy atom. The van der Waals surface area contributed by atoms with E-state index in [-0.39, 0.29) is 5.63 Å². The Balaban J connectivity index is 2.90. The number of fused-ring (bicyclic) bond motifs is 1. The van der Waals surface area contributed by atoms with E-state index in [0.29, 0.717) is 5.58 Å². The maximum atomic E-state index is 11.8. The molecule has 16 heavy (non-hydrogen) atoms. The zero-order valence-electron chi connectivity index (χ0n) is 9.96. The molecule has 0 amide bonds. The number of rotatable bonds is 2. The predicted octanol–water partition coefficient (Wildman–Crippen LogP) is 3.23. The lowest BCUT2D eigenvalue weighted by atomic mass is 10.00. The van der Waals surface area contributed by atoms with Gasteiger partial charge in [0.15, 0.2) is 0 Å². The Kier molecular flexibility index (Phi) is 2.82. The van der Waals surface area contributed by atoms with Gasteiger partial charge in [-0.15, -0.1) is 0 Å². The Morgan fingerprint density at radius 1 is 1.12 bits per heavy atom. The highest BCUT2D eigenvalue weighted by Gasteiger charge is 2.11. The summed E-state index contributed by atoms with van der Waals surface area (Å²) in [6, 6.07) is 6.03. The van der Waals surface area contributed by atoms with Gasteiger partial charge in [0, 0.05) is 10.9 Å². The topological polar surface area (TPSA) is 30.2 Å². The van der Waals surface area contributed by atoms with Gasteiger partial charge in [-0.2, -0.15) is 0 Å². The minimum atomic E-state index is -0.183. The van der Waals surface area contributed by atoms with Crippen molar-refractivity contribution < 1.29 is 4.42 Å². The third-order valence-electron chi connectivity index (χ3n) is 2.98. The third-order valence-corrected chi connectivity index (χ3v) is 2.98. The van der Waals surface area contributed by atoms with E-state index in [1.54, 1.807) is 0 Å². The number of aryl methyl sites for hydroxylation is 2. The second kappa shape index (κ2) is 4.12. The van der Waals surface area contributed by atoms with Gasteiger partial charge in [-0.05, 0) is 37.0 Å². The van der Waals surface area contributed by atoms with Gasteiger partial charge >= 0.3 is 5.63 Å². The molecule has 0 bridgehead atoms. The van der Waals surface area contributed by atoms with Crippen molar-refractivity contribution in [3.8, 4) is 0 Å². The minimum Gasteiger partial charge on any atom is -0.423 e. The number of hydrogen-bond donors (Lipinski definition) is 0. The summed E-state index contributed by atoms with van der Waals surface area (Å²) < 4.78 is 5.35. The van der Waals surface area contributed by atoms with Crippen LogP contribution < -0.4 is 5.63 Å². The molecule has 2 nitrogen and oxygen atoms in total. The fourth-order valence-electron chi connectivity index (χ4n) is 2.17. The molecule has 0 radical (unpaired) electrons. The van der Waals surface area contributed by atoms with Crippen molar-refractivity contribution in [1.29, 1.82) is 0 Å². The van der Waals surface area contributed by atoms with Crippen molar-refractivity contribution in [2.45, 2.75) is 33.6 Å². The fraction of sp³-hybridized carbons (Fsp3) is 0.357. The van der Waals surface area contributed by atoms with Crippen LogP contribution in [0.4, 0.5) is 0 Å². The first-order valence-corrected chi connectivity index (χ1v) is 5.72. The highest BCUT2D eigenvalue weighted by atomic mass is 16.4. The normalized spacial score (nSPS) is 10.9. The third kappa shape index (κ3) is 1.64. The summed E-state index contributed by atoms with van der Waals surface area (Å²) in [4.78, 5) is 11.8. The van der Waals surface area contributed by atoms with Gasteiger partial charge in [0.25, 0.3) is 0 Å². The zero-order valence-corrected chi connectivity index (χ0v) is 9.96. The highest BCUT2D eigenvalue weighted by molar-refractivity contribution is 5.81. The van der Waals surface area contributed by atoms with Crippen molar-refractivity contribution in [3.63, 3.8) is 0 Å². The van der Waals surface area contributed by atoms with Gasteiger partial charge < -0.3 is 4.42 Å². The molecule has 84 valence electrons. The van der Waals surface area contributed by atoms with Crippen LogP contribution in [0.25, 0.3) is 11.0 Å². The molecule has 1 heterocycles. The largest absolute Gasteiger partial charge is 0.423 e. The Bertz CT molecular complexity index is 579. The molecular formula is C14H16O2. The number of hydrogen-bond acceptors (Lipinski definition) is 2. The molecule has 2 heteroatoms. The molecule has 0 unspecified atom stereocenters. The Labute approximate surface area is 94.9 Å². The predicted molar refractivity (Wildman–Crippen MR) is 66.0 cm³/mol. The van der Waals surface area contributed by atoms with Crippen LogP contribution in [-0.2, 0) is 12.8 Å². The van der Waals surface area contributed by atoms with Crippen molar-refractivity contribution in [2.75, 3.05) is 0 Å². The van der Waals surface area contributed by atoms with E-state index in [0.717, 1.165) is 34.9 Å². The van der Waals surface area contributed by atoms with Crippen LogP contribution in [0.2, 0.25) is 0 Å². The van der Waals surface area contributed by atoms with Crippen LogP contribution in [0.15, 0.2) is 27.4 Å². The molecule has 0 fully saturated rings. The summed E-state index contributed by atoms with van der Waals surface area (Å²) in [7, 11) is 0. The second-order valence-corrected chi connectivity index (χ2v) is 4.05. The average molecular weight is 216 g/mol. The van der Waals surface area contributed by atoms with Crippen molar-refractivity contribution in [2.24, 2.45) is 0 Å². The quantitative estimate of drug-likeness (QED) is 0.721. The molecule has 1 aromatic heterocycles. The molecule has 0 aliphatic heterocycles. The van der Waals surface area contributed by atoms with Gasteiger partial charge in [-0.25, -0.2) is 4.79 Å². The molecule has 2 aromatic rings. The van der Waals surface area contributed by atoms with Crippen molar-refractivity contribution in [1.82, 2.24) is 0 Å². The summed E-state index contributed by atoms with van der Waals surface area (Å²) in [5, 5.41) is 1.07. The summed E-state index contributed by atoms with van der Waals surface area (Å²) in [5.74, 6) is 0. The molecule has 0 saturated carbocycles. The van der Waals surface area contributed by atoms with Crippen LogP contribution in [0.1, 0.15) is 30.5 Å². The molecule has 1 aromatic carbocycles. The number of benzene rings is 1. The van der Waals surface area contributed by atoms with Crippen LogP contribution in [0.3, 0.4) is 0 Å². The molecule has 2 rings (SSSR count). The lowest BCUT2D eigenvalue weighted by molar-refractivity contribution is 0.548. The zero-order chi connectivity index (χ0) is 11.7. The van der Waals surface area contributed by atoms with E-state index in [4.69, 9.17) is 4.42 Å². The summed E-state index contributed by atoms with van der Waals surface area (Å²) >= 11 is 0. The average Bonchev–Trinajstić information content (AvgIpc) is 2.26. The molecule has 0 atom stereocenters. The van der Waals surface area contributed by atoms with Gasteiger partial charge in [0.2, 0.25) is 0 Å².